The average Bonchev–Trinajstić information content (AvgIpc) is 2.35. The Morgan fingerprint density at radius 3 is 2.17 bits per heavy atom. The zero-order valence-electron chi connectivity index (χ0n) is 10.3. The molecule has 0 spiro atoms. The van der Waals surface area contributed by atoms with E-state index in [-0.39, 0.29) is 26.0 Å². The number of esters is 1. The summed E-state index contributed by atoms with van der Waals surface area (Å²) in [6, 6.07) is 0. The zero-order chi connectivity index (χ0) is 14.0. The summed E-state index contributed by atoms with van der Waals surface area (Å²) in [5.74, 6) is -0.717. The van der Waals surface area contributed by atoms with Gasteiger partial charge in [0.15, 0.2) is 0 Å². The van der Waals surface area contributed by atoms with E-state index in [0.29, 0.717) is 18.9 Å². The minimum Gasteiger partial charge on any atom is -0.460 e. The van der Waals surface area contributed by atoms with Gasteiger partial charge >= 0.3 is 5.97 Å². The second-order valence-electron chi connectivity index (χ2n) is 3.71. The van der Waals surface area contributed by atoms with E-state index in [2.05, 4.69) is 6.58 Å². The number of carbonyl (C=O) groups is 4. The van der Waals surface area contributed by atoms with E-state index in [9.17, 15) is 19.2 Å². The van der Waals surface area contributed by atoms with E-state index in [1.165, 1.54) is 18.0 Å². The van der Waals surface area contributed by atoms with Crippen molar-refractivity contribution in [3.63, 3.8) is 0 Å². The van der Waals surface area contributed by atoms with Crippen LogP contribution in [0.4, 0.5) is 0 Å². The Morgan fingerprint density at radius 1 is 1.22 bits per heavy atom. The van der Waals surface area contributed by atoms with Crippen LogP contribution in [0.2, 0.25) is 0 Å². The van der Waals surface area contributed by atoms with E-state index < -0.39 is 11.5 Å². The largest absolute Gasteiger partial charge is 0.460 e. The van der Waals surface area contributed by atoms with Crippen molar-refractivity contribution < 1.29 is 23.9 Å². The number of nitrogens with zero attached hydrogens (tertiary/aromatic N) is 1. The molecule has 0 saturated heterocycles. The molecule has 18 heavy (non-hydrogen) atoms. The summed E-state index contributed by atoms with van der Waals surface area (Å²) in [4.78, 5) is 45.3. The lowest BCUT2D eigenvalue weighted by atomic mass is 9.90. The highest BCUT2D eigenvalue weighted by Gasteiger charge is 2.43. The molecular weight excluding hydrogens is 238 g/mol. The minimum atomic E-state index is -1.42. The summed E-state index contributed by atoms with van der Waals surface area (Å²) in [5.41, 5.74) is -1.42. The smallest absolute Gasteiger partial charge is 0.327 e. The highest BCUT2D eigenvalue weighted by atomic mass is 16.5. The summed E-state index contributed by atoms with van der Waals surface area (Å²) in [7, 11) is 1.48. The van der Waals surface area contributed by atoms with Crippen LogP contribution >= 0.6 is 0 Å². The van der Waals surface area contributed by atoms with E-state index in [0.717, 1.165) is 0 Å². The van der Waals surface area contributed by atoms with Crippen LogP contribution < -0.4 is 0 Å². The van der Waals surface area contributed by atoms with Crippen LogP contribution in [0.5, 0.6) is 0 Å². The van der Waals surface area contributed by atoms with Gasteiger partial charge in [0.25, 0.3) is 0 Å². The molecule has 0 aromatic rings. The summed E-state index contributed by atoms with van der Waals surface area (Å²) >= 11 is 0. The van der Waals surface area contributed by atoms with Crippen molar-refractivity contribution in [2.24, 2.45) is 0 Å². The highest BCUT2D eigenvalue weighted by molar-refractivity contribution is 5.87. The van der Waals surface area contributed by atoms with Crippen LogP contribution in [-0.4, -0.2) is 55.5 Å². The summed E-state index contributed by atoms with van der Waals surface area (Å²) in [5, 5.41) is 0. The molecule has 0 aromatic heterocycles. The van der Waals surface area contributed by atoms with Gasteiger partial charge in [-0.2, -0.15) is 0 Å². The molecule has 0 heterocycles. The maximum absolute atomic E-state index is 12.0. The molecule has 6 heteroatoms. The number of hydrogen-bond donors (Lipinski definition) is 0. The molecule has 0 aliphatic carbocycles. The lowest BCUT2D eigenvalue weighted by Gasteiger charge is -2.35. The van der Waals surface area contributed by atoms with Crippen LogP contribution in [0.15, 0.2) is 12.7 Å². The van der Waals surface area contributed by atoms with Crippen LogP contribution in [0.25, 0.3) is 0 Å². The molecule has 0 amide bonds. The lowest BCUT2D eigenvalue weighted by Crippen LogP contribution is -2.55. The average molecular weight is 255 g/mol. The van der Waals surface area contributed by atoms with Gasteiger partial charge in [-0.25, -0.2) is 0 Å². The van der Waals surface area contributed by atoms with Gasteiger partial charge in [0.05, 0.1) is 6.54 Å². The maximum atomic E-state index is 12.0. The van der Waals surface area contributed by atoms with Gasteiger partial charge in [0.2, 0.25) is 0 Å². The quantitative estimate of drug-likeness (QED) is 0.304. The number of rotatable bonds is 10. The second-order valence-corrected chi connectivity index (χ2v) is 3.71. The molecule has 0 aliphatic heterocycles. The van der Waals surface area contributed by atoms with Crippen molar-refractivity contribution in [3.8, 4) is 0 Å². The minimum absolute atomic E-state index is 0.0206. The maximum Gasteiger partial charge on any atom is 0.327 e. The molecule has 0 rings (SSSR count). The number of likely N-dealkylation sites (N-methyl/N-ethyl adjacent to an activating group) is 1. The molecule has 6 nitrogen and oxygen atoms in total. The van der Waals surface area contributed by atoms with E-state index in [1.54, 1.807) is 0 Å². The van der Waals surface area contributed by atoms with Gasteiger partial charge < -0.3 is 19.1 Å². The second kappa shape index (κ2) is 8.30. The fourth-order valence-corrected chi connectivity index (χ4v) is 1.55. The van der Waals surface area contributed by atoms with E-state index >= 15 is 0 Å². The van der Waals surface area contributed by atoms with Gasteiger partial charge in [-0.3, -0.25) is 9.69 Å². The Kier molecular flexibility index (Phi) is 7.46. The third kappa shape index (κ3) is 3.89. The molecule has 0 atom stereocenters. The summed E-state index contributed by atoms with van der Waals surface area (Å²) in [6.45, 7) is 3.30. The first-order valence-electron chi connectivity index (χ1n) is 5.39. The third-order valence-corrected chi connectivity index (χ3v) is 2.63. The van der Waals surface area contributed by atoms with Gasteiger partial charge in [-0.1, -0.05) is 12.7 Å². The van der Waals surface area contributed by atoms with Crippen molar-refractivity contribution in [1.82, 2.24) is 4.90 Å². The molecule has 0 radical (unpaired) electrons. The summed E-state index contributed by atoms with van der Waals surface area (Å²) in [6.07, 6.45) is 2.59. The Morgan fingerprint density at radius 2 is 1.78 bits per heavy atom. The fourth-order valence-electron chi connectivity index (χ4n) is 1.55. The predicted molar refractivity (Wildman–Crippen MR) is 63.9 cm³/mol. The Labute approximate surface area is 106 Å². The molecule has 0 unspecified atom stereocenters. The number of hydrogen-bond acceptors (Lipinski definition) is 6. The van der Waals surface area contributed by atoms with Crippen LogP contribution in [0.1, 0.15) is 12.8 Å². The van der Waals surface area contributed by atoms with Crippen molar-refractivity contribution in [2.75, 3.05) is 20.2 Å². The molecule has 0 fully saturated rings. The van der Waals surface area contributed by atoms with Crippen molar-refractivity contribution in [3.05, 3.63) is 12.7 Å². The van der Waals surface area contributed by atoms with Gasteiger partial charge in [-0.15, -0.1) is 0 Å². The van der Waals surface area contributed by atoms with Gasteiger partial charge in [0.1, 0.15) is 31.0 Å². The normalized spacial score (nSPS) is 10.8. The SMILES string of the molecule is C=CCOC(=O)C(CC=O)(CC=O)N(C)CC=O. The molecule has 0 N–H and O–H groups in total. The first kappa shape index (κ1) is 16.2. The molecule has 0 saturated carbocycles. The van der Waals surface area contributed by atoms with Crippen molar-refractivity contribution in [1.29, 1.82) is 0 Å². The van der Waals surface area contributed by atoms with Gasteiger partial charge in [-0.05, 0) is 7.05 Å². The zero-order valence-corrected chi connectivity index (χ0v) is 10.3. The number of ether oxygens (including phenoxy) is 1. The Bertz CT molecular complexity index is 316. The fraction of sp³-hybridized carbons (Fsp3) is 0.500. The summed E-state index contributed by atoms with van der Waals surface area (Å²) < 4.78 is 4.90. The Balaban J connectivity index is 5.21. The first-order valence-corrected chi connectivity index (χ1v) is 5.39. The van der Waals surface area contributed by atoms with E-state index in [1.807, 2.05) is 0 Å². The first-order chi connectivity index (χ1) is 8.58. The molecule has 0 aliphatic rings. The van der Waals surface area contributed by atoms with Crippen molar-refractivity contribution >= 4 is 24.8 Å². The number of aldehydes is 3. The molecule has 0 bridgehead atoms. The van der Waals surface area contributed by atoms with Crippen LogP contribution in [-0.2, 0) is 23.9 Å². The predicted octanol–water partition coefficient (Wildman–Crippen LogP) is -0.237. The van der Waals surface area contributed by atoms with Crippen LogP contribution in [0.3, 0.4) is 0 Å². The monoisotopic (exact) mass is 255 g/mol. The molecular formula is C12H17NO5. The van der Waals surface area contributed by atoms with Gasteiger partial charge in [0, 0.05) is 12.8 Å². The topological polar surface area (TPSA) is 80.8 Å². The molecule has 0 aromatic carbocycles. The lowest BCUT2D eigenvalue weighted by molar-refractivity contribution is -0.159. The number of carbonyl (C=O) groups excluding carboxylic acids is 4. The van der Waals surface area contributed by atoms with E-state index in [4.69, 9.17) is 4.74 Å². The van der Waals surface area contributed by atoms with Crippen LogP contribution in [0, 0.1) is 0 Å². The standard InChI is InChI=1S/C12H17NO5/c1-3-10-18-11(17)12(4-7-14,5-8-15)13(2)6-9-16/h3,7-9H,1,4-6,10H2,2H3. The molecule has 100 valence electrons. The van der Waals surface area contributed by atoms with Crippen molar-refractivity contribution in [2.45, 2.75) is 18.4 Å². The Hall–Kier alpha value is -1.82. The third-order valence-electron chi connectivity index (χ3n) is 2.63. The highest BCUT2D eigenvalue weighted by Crippen LogP contribution is 2.23.